The molecule has 1 heterocycles. The molecule has 0 aliphatic carbocycles. The van der Waals surface area contributed by atoms with E-state index >= 15 is 0 Å². The molecule has 3 rings (SSSR count). The van der Waals surface area contributed by atoms with Crippen molar-refractivity contribution in [2.24, 2.45) is 0 Å². The monoisotopic (exact) mass is 382 g/mol. The van der Waals surface area contributed by atoms with Gasteiger partial charge in [0.2, 0.25) is 0 Å². The van der Waals surface area contributed by atoms with Crippen LogP contribution in [0, 0.1) is 5.82 Å². The number of benzene rings is 2. The second kappa shape index (κ2) is 8.14. The standard InChI is InChI=1S/C21H19FN2O2S/c1-3-11-26-17-6-4-5-15(12-17)20-18(13(2)25)19(23-21(27)24-20)14-7-9-16(22)10-8-14/h3-10,12,20H,1,11H2,2H3,(H2,23,24,27)/t20-/m0/s1. The third-order valence-corrected chi connectivity index (χ3v) is 4.36. The Morgan fingerprint density at radius 1 is 1.30 bits per heavy atom. The molecule has 0 saturated heterocycles. The molecule has 2 N–H and O–H groups in total. The summed E-state index contributed by atoms with van der Waals surface area (Å²) in [5.74, 6) is 0.216. The minimum Gasteiger partial charge on any atom is -0.490 e. The number of carbonyl (C=O) groups excluding carboxylic acids is 1. The number of thiocarbonyl (C=S) groups is 1. The van der Waals surface area contributed by atoms with Gasteiger partial charge in [-0.15, -0.1) is 0 Å². The van der Waals surface area contributed by atoms with Gasteiger partial charge < -0.3 is 15.4 Å². The quantitative estimate of drug-likeness (QED) is 0.586. The molecular weight excluding hydrogens is 363 g/mol. The van der Waals surface area contributed by atoms with E-state index in [-0.39, 0.29) is 11.6 Å². The summed E-state index contributed by atoms with van der Waals surface area (Å²) >= 11 is 5.34. The van der Waals surface area contributed by atoms with Gasteiger partial charge in [0.1, 0.15) is 18.2 Å². The van der Waals surface area contributed by atoms with E-state index < -0.39 is 6.04 Å². The van der Waals surface area contributed by atoms with Gasteiger partial charge in [-0.25, -0.2) is 4.39 Å². The summed E-state index contributed by atoms with van der Waals surface area (Å²) in [7, 11) is 0. The summed E-state index contributed by atoms with van der Waals surface area (Å²) in [6, 6.07) is 13.0. The Bertz CT molecular complexity index is 922. The maximum Gasteiger partial charge on any atom is 0.171 e. The summed E-state index contributed by atoms with van der Waals surface area (Å²) in [6.07, 6.45) is 1.66. The highest BCUT2D eigenvalue weighted by atomic mass is 32.1. The molecule has 1 atom stereocenters. The van der Waals surface area contributed by atoms with Gasteiger partial charge in [0, 0.05) is 5.57 Å². The Balaban J connectivity index is 2.09. The van der Waals surface area contributed by atoms with Crippen molar-refractivity contribution in [2.75, 3.05) is 6.61 Å². The minimum atomic E-state index is -0.441. The highest BCUT2D eigenvalue weighted by molar-refractivity contribution is 7.80. The molecule has 2 aromatic rings. The average Bonchev–Trinajstić information content (AvgIpc) is 2.66. The zero-order valence-corrected chi connectivity index (χ0v) is 15.6. The van der Waals surface area contributed by atoms with Crippen LogP contribution in [0.25, 0.3) is 5.70 Å². The fourth-order valence-corrected chi connectivity index (χ4v) is 3.20. The van der Waals surface area contributed by atoms with Crippen molar-refractivity contribution in [1.82, 2.24) is 10.6 Å². The lowest BCUT2D eigenvalue weighted by molar-refractivity contribution is -0.113. The lowest BCUT2D eigenvalue weighted by Gasteiger charge is -2.31. The van der Waals surface area contributed by atoms with Crippen LogP contribution in [0.5, 0.6) is 5.75 Å². The molecule has 4 nitrogen and oxygen atoms in total. The third-order valence-electron chi connectivity index (χ3n) is 4.14. The summed E-state index contributed by atoms with van der Waals surface area (Å²) in [6.45, 7) is 5.53. The van der Waals surface area contributed by atoms with Crippen molar-refractivity contribution in [3.8, 4) is 5.75 Å². The highest BCUT2D eigenvalue weighted by Crippen LogP contribution is 2.33. The number of carbonyl (C=O) groups is 1. The van der Waals surface area contributed by atoms with Crippen molar-refractivity contribution in [3.05, 3.63) is 83.7 Å². The summed E-state index contributed by atoms with van der Waals surface area (Å²) in [4.78, 5) is 12.5. The van der Waals surface area contributed by atoms with E-state index in [1.807, 2.05) is 24.3 Å². The number of nitrogens with one attached hydrogen (secondary N) is 2. The highest BCUT2D eigenvalue weighted by Gasteiger charge is 2.30. The molecule has 0 aromatic heterocycles. The van der Waals surface area contributed by atoms with E-state index in [4.69, 9.17) is 17.0 Å². The number of rotatable bonds is 6. The van der Waals surface area contributed by atoms with Crippen molar-refractivity contribution in [2.45, 2.75) is 13.0 Å². The molecule has 27 heavy (non-hydrogen) atoms. The van der Waals surface area contributed by atoms with Gasteiger partial charge in [-0.05, 0) is 66.7 Å². The van der Waals surface area contributed by atoms with Crippen LogP contribution in [0.1, 0.15) is 24.1 Å². The lowest BCUT2D eigenvalue weighted by Crippen LogP contribution is -2.44. The van der Waals surface area contributed by atoms with Crippen LogP contribution < -0.4 is 15.4 Å². The normalized spacial score (nSPS) is 16.4. The van der Waals surface area contributed by atoms with Gasteiger partial charge in [-0.3, -0.25) is 4.79 Å². The van der Waals surface area contributed by atoms with E-state index in [0.717, 1.165) is 5.56 Å². The first-order valence-electron chi connectivity index (χ1n) is 8.42. The predicted octanol–water partition coefficient (Wildman–Crippen LogP) is 3.91. The summed E-state index contributed by atoms with van der Waals surface area (Å²) in [5.41, 5.74) is 2.63. The first-order chi connectivity index (χ1) is 13.0. The van der Waals surface area contributed by atoms with Gasteiger partial charge in [0.15, 0.2) is 10.9 Å². The number of Topliss-reactive ketones (excluding diaryl/α,β-unsaturated/α-hetero) is 1. The fourth-order valence-electron chi connectivity index (χ4n) is 2.98. The van der Waals surface area contributed by atoms with Gasteiger partial charge in [-0.2, -0.15) is 0 Å². The zero-order chi connectivity index (χ0) is 19.4. The maximum atomic E-state index is 13.3. The van der Waals surface area contributed by atoms with Crippen LogP contribution in [0.15, 0.2) is 66.8 Å². The Morgan fingerprint density at radius 3 is 2.70 bits per heavy atom. The Kier molecular flexibility index (Phi) is 5.66. The van der Waals surface area contributed by atoms with E-state index in [9.17, 15) is 9.18 Å². The van der Waals surface area contributed by atoms with Gasteiger partial charge in [0.25, 0.3) is 0 Å². The Morgan fingerprint density at radius 2 is 2.04 bits per heavy atom. The van der Waals surface area contributed by atoms with Crippen molar-refractivity contribution in [1.29, 1.82) is 0 Å². The number of ether oxygens (including phenoxy) is 1. The molecule has 6 heteroatoms. The zero-order valence-electron chi connectivity index (χ0n) is 14.8. The topological polar surface area (TPSA) is 50.4 Å². The van der Waals surface area contributed by atoms with Crippen molar-refractivity contribution >= 4 is 28.8 Å². The predicted molar refractivity (Wildman–Crippen MR) is 108 cm³/mol. The number of halogens is 1. The number of hydrogen-bond acceptors (Lipinski definition) is 3. The van der Waals surface area contributed by atoms with Crippen LogP contribution in [0.4, 0.5) is 4.39 Å². The van der Waals surface area contributed by atoms with Crippen molar-refractivity contribution in [3.63, 3.8) is 0 Å². The second-order valence-electron chi connectivity index (χ2n) is 6.06. The van der Waals surface area contributed by atoms with Crippen LogP contribution in [0.2, 0.25) is 0 Å². The molecule has 0 radical (unpaired) electrons. The second-order valence-corrected chi connectivity index (χ2v) is 6.46. The molecule has 0 fully saturated rings. The van der Waals surface area contributed by atoms with E-state index in [1.165, 1.54) is 19.1 Å². The van der Waals surface area contributed by atoms with Crippen molar-refractivity contribution < 1.29 is 13.9 Å². The van der Waals surface area contributed by atoms with E-state index in [0.29, 0.717) is 34.3 Å². The lowest BCUT2D eigenvalue weighted by atomic mass is 9.90. The minimum absolute atomic E-state index is 0.112. The van der Waals surface area contributed by atoms with Crippen LogP contribution >= 0.6 is 12.2 Å². The molecule has 2 aromatic carbocycles. The third kappa shape index (κ3) is 4.23. The van der Waals surface area contributed by atoms with E-state index in [2.05, 4.69) is 17.2 Å². The Hall–Kier alpha value is -2.99. The summed E-state index contributed by atoms with van der Waals surface area (Å²) in [5, 5.41) is 6.59. The fraction of sp³-hybridized carbons (Fsp3) is 0.143. The first-order valence-corrected chi connectivity index (χ1v) is 8.82. The molecule has 0 unspecified atom stereocenters. The summed E-state index contributed by atoms with van der Waals surface area (Å²) < 4.78 is 18.9. The van der Waals surface area contributed by atoms with E-state index in [1.54, 1.807) is 18.2 Å². The van der Waals surface area contributed by atoms with Crippen LogP contribution in [0.3, 0.4) is 0 Å². The molecule has 0 amide bonds. The van der Waals surface area contributed by atoms with Gasteiger partial charge in [-0.1, -0.05) is 24.8 Å². The molecule has 138 valence electrons. The molecule has 1 aliphatic rings. The smallest absolute Gasteiger partial charge is 0.171 e. The van der Waals surface area contributed by atoms with Gasteiger partial charge >= 0.3 is 0 Å². The molecular formula is C21H19FN2O2S. The average molecular weight is 382 g/mol. The molecule has 0 saturated carbocycles. The number of hydrogen-bond donors (Lipinski definition) is 2. The van der Waals surface area contributed by atoms with Gasteiger partial charge in [0.05, 0.1) is 11.7 Å². The number of ketones is 1. The SMILES string of the molecule is C=CCOc1cccc([C@@H]2NC(=S)NC(c3ccc(F)cc3)=C2C(C)=O)c1. The Labute approximate surface area is 162 Å². The van der Waals surface area contributed by atoms with Crippen LogP contribution in [-0.4, -0.2) is 17.5 Å². The molecule has 1 aliphatic heterocycles. The molecule has 0 bridgehead atoms. The maximum absolute atomic E-state index is 13.3. The van der Waals surface area contributed by atoms with Crippen LogP contribution in [-0.2, 0) is 4.79 Å². The molecule has 0 spiro atoms. The largest absolute Gasteiger partial charge is 0.490 e. The first kappa shape index (κ1) is 18.8.